The number of β-amino-alcohol motifs (C(OH)–C–C–N with tert-alkyl or cyclic N) is 1. The predicted octanol–water partition coefficient (Wildman–Crippen LogP) is 0.674. The average molecular weight is 293 g/mol. The first kappa shape index (κ1) is 15.3. The number of hydrogen-bond donors (Lipinski definition) is 2. The molecular weight excluding hydrogens is 274 g/mol. The van der Waals surface area contributed by atoms with Crippen LogP contribution in [-0.4, -0.2) is 52.8 Å². The van der Waals surface area contributed by atoms with E-state index in [1.165, 1.54) is 4.90 Å². The summed E-state index contributed by atoms with van der Waals surface area (Å²) in [6, 6.07) is 6.48. The number of likely N-dealkylation sites (tertiary alicyclic amines) is 1. The van der Waals surface area contributed by atoms with Crippen LogP contribution in [0, 0.1) is 0 Å². The van der Waals surface area contributed by atoms with Gasteiger partial charge in [-0.25, -0.2) is 4.79 Å². The molecule has 0 aromatic heterocycles. The normalized spacial score (nSPS) is 21.3. The monoisotopic (exact) mass is 293 g/mol. The van der Waals surface area contributed by atoms with Crippen molar-refractivity contribution in [1.29, 1.82) is 0 Å². The topological polar surface area (TPSA) is 87.1 Å². The van der Waals surface area contributed by atoms with Crippen LogP contribution in [0.1, 0.15) is 18.4 Å². The summed E-state index contributed by atoms with van der Waals surface area (Å²) in [6.45, 7) is 0.0850. The number of benzene rings is 1. The van der Waals surface area contributed by atoms with Gasteiger partial charge in [0.25, 0.3) is 0 Å². The summed E-state index contributed by atoms with van der Waals surface area (Å²) in [5, 5.41) is 18.7. The number of methoxy groups -OCH3 is 1. The molecule has 114 valence electrons. The highest BCUT2D eigenvalue weighted by molar-refractivity contribution is 5.84. The van der Waals surface area contributed by atoms with Crippen LogP contribution in [0.25, 0.3) is 0 Å². The van der Waals surface area contributed by atoms with Crippen molar-refractivity contribution in [3.63, 3.8) is 0 Å². The van der Waals surface area contributed by atoms with Gasteiger partial charge < -0.3 is 19.8 Å². The van der Waals surface area contributed by atoms with Crippen molar-refractivity contribution in [2.24, 2.45) is 0 Å². The van der Waals surface area contributed by atoms with Gasteiger partial charge in [0.1, 0.15) is 11.8 Å². The Kier molecular flexibility index (Phi) is 4.80. The van der Waals surface area contributed by atoms with Gasteiger partial charge in [0.15, 0.2) is 0 Å². The number of amides is 1. The van der Waals surface area contributed by atoms with E-state index in [0.717, 1.165) is 5.56 Å². The van der Waals surface area contributed by atoms with Crippen molar-refractivity contribution >= 4 is 11.9 Å². The molecule has 1 fully saturated rings. The number of ether oxygens (including phenoxy) is 1. The number of hydrogen-bond acceptors (Lipinski definition) is 4. The summed E-state index contributed by atoms with van der Waals surface area (Å²) in [7, 11) is 1.57. The van der Waals surface area contributed by atoms with E-state index in [1.807, 2.05) is 24.3 Å². The molecule has 2 N–H and O–H groups in total. The molecule has 2 rings (SSSR count). The number of aliphatic hydroxyl groups excluding tert-OH is 1. The number of aliphatic carboxylic acids is 1. The standard InChI is InChI=1S/C15H19NO5/c1-21-13-5-3-2-4-10(13)6-7-14(18)16-9-11(17)8-12(16)15(19)20/h2-5,11-12,17H,6-9H2,1H3,(H,19,20). The fraction of sp³-hybridized carbons (Fsp3) is 0.467. The van der Waals surface area contributed by atoms with Gasteiger partial charge in [0.2, 0.25) is 5.91 Å². The highest BCUT2D eigenvalue weighted by Gasteiger charge is 2.38. The van der Waals surface area contributed by atoms with Crippen LogP contribution in [0.3, 0.4) is 0 Å². The van der Waals surface area contributed by atoms with Crippen LogP contribution in [0.2, 0.25) is 0 Å². The summed E-state index contributed by atoms with van der Waals surface area (Å²) in [4.78, 5) is 24.6. The lowest BCUT2D eigenvalue weighted by Gasteiger charge is -2.21. The number of aryl methyl sites for hydroxylation is 1. The maximum absolute atomic E-state index is 12.2. The molecule has 1 aromatic rings. The van der Waals surface area contributed by atoms with Crippen molar-refractivity contribution in [1.82, 2.24) is 4.90 Å². The Morgan fingerprint density at radius 3 is 2.76 bits per heavy atom. The molecule has 1 aliphatic rings. The smallest absolute Gasteiger partial charge is 0.326 e. The second-order valence-electron chi connectivity index (χ2n) is 5.10. The summed E-state index contributed by atoms with van der Waals surface area (Å²) in [6.07, 6.45) is -0.00436. The fourth-order valence-corrected chi connectivity index (χ4v) is 2.62. The largest absolute Gasteiger partial charge is 0.496 e. The minimum absolute atomic E-state index is 0.0850. The maximum atomic E-state index is 12.2. The van der Waals surface area contributed by atoms with Gasteiger partial charge in [-0.3, -0.25) is 4.79 Å². The number of carbonyl (C=O) groups excluding carboxylic acids is 1. The van der Waals surface area contributed by atoms with Gasteiger partial charge in [-0.15, -0.1) is 0 Å². The summed E-state index contributed by atoms with van der Waals surface area (Å²) < 4.78 is 5.22. The quantitative estimate of drug-likeness (QED) is 0.833. The Labute approximate surface area is 122 Å². The van der Waals surface area contributed by atoms with E-state index < -0.39 is 18.1 Å². The zero-order valence-electron chi connectivity index (χ0n) is 11.9. The average Bonchev–Trinajstić information content (AvgIpc) is 2.87. The van der Waals surface area contributed by atoms with Crippen molar-refractivity contribution in [3.8, 4) is 5.75 Å². The molecule has 1 amide bonds. The SMILES string of the molecule is COc1ccccc1CCC(=O)N1CC(O)CC1C(=O)O. The van der Waals surface area contributed by atoms with E-state index in [-0.39, 0.29) is 25.3 Å². The van der Waals surface area contributed by atoms with Crippen LogP contribution in [-0.2, 0) is 16.0 Å². The number of nitrogens with zero attached hydrogens (tertiary/aromatic N) is 1. The summed E-state index contributed by atoms with van der Waals surface area (Å²) in [5.41, 5.74) is 0.903. The van der Waals surface area contributed by atoms with Crippen molar-refractivity contribution in [2.75, 3.05) is 13.7 Å². The minimum Gasteiger partial charge on any atom is -0.496 e. The lowest BCUT2D eigenvalue weighted by atomic mass is 10.1. The van der Waals surface area contributed by atoms with Gasteiger partial charge >= 0.3 is 5.97 Å². The van der Waals surface area contributed by atoms with E-state index in [1.54, 1.807) is 7.11 Å². The van der Waals surface area contributed by atoms with Gasteiger partial charge in [-0.1, -0.05) is 18.2 Å². The maximum Gasteiger partial charge on any atom is 0.326 e. The Balaban J connectivity index is 2.00. The fourth-order valence-electron chi connectivity index (χ4n) is 2.62. The molecule has 21 heavy (non-hydrogen) atoms. The molecule has 0 saturated carbocycles. The molecule has 0 aliphatic carbocycles. The zero-order chi connectivity index (χ0) is 15.4. The third kappa shape index (κ3) is 3.52. The zero-order valence-corrected chi connectivity index (χ0v) is 11.9. The Bertz CT molecular complexity index is 531. The third-order valence-corrected chi connectivity index (χ3v) is 3.69. The molecule has 2 unspecified atom stereocenters. The summed E-state index contributed by atoms with van der Waals surface area (Å²) in [5.74, 6) is -0.622. The minimum atomic E-state index is -1.07. The van der Waals surface area contributed by atoms with Gasteiger partial charge in [-0.2, -0.15) is 0 Å². The van der Waals surface area contributed by atoms with Gasteiger partial charge in [-0.05, 0) is 18.1 Å². The van der Waals surface area contributed by atoms with Crippen LogP contribution >= 0.6 is 0 Å². The molecule has 6 nitrogen and oxygen atoms in total. The lowest BCUT2D eigenvalue weighted by Crippen LogP contribution is -2.40. The van der Waals surface area contributed by atoms with Crippen LogP contribution in [0.4, 0.5) is 0 Å². The van der Waals surface area contributed by atoms with Crippen LogP contribution < -0.4 is 4.74 Å². The Morgan fingerprint density at radius 2 is 2.10 bits per heavy atom. The molecule has 0 radical (unpaired) electrons. The molecule has 1 saturated heterocycles. The molecule has 2 atom stereocenters. The third-order valence-electron chi connectivity index (χ3n) is 3.69. The van der Waals surface area contributed by atoms with E-state index in [2.05, 4.69) is 0 Å². The molecule has 6 heteroatoms. The number of carboxylic acids is 1. The Morgan fingerprint density at radius 1 is 1.38 bits per heavy atom. The number of rotatable bonds is 5. The number of carboxylic acid groups (broad SMARTS) is 1. The first-order valence-electron chi connectivity index (χ1n) is 6.85. The summed E-state index contributed by atoms with van der Waals surface area (Å²) >= 11 is 0. The number of para-hydroxylation sites is 1. The van der Waals surface area contributed by atoms with Crippen molar-refractivity contribution in [3.05, 3.63) is 29.8 Å². The first-order chi connectivity index (χ1) is 10.0. The van der Waals surface area contributed by atoms with Gasteiger partial charge in [0, 0.05) is 19.4 Å². The van der Waals surface area contributed by atoms with E-state index >= 15 is 0 Å². The van der Waals surface area contributed by atoms with Crippen molar-refractivity contribution in [2.45, 2.75) is 31.4 Å². The molecule has 0 bridgehead atoms. The first-order valence-corrected chi connectivity index (χ1v) is 6.85. The van der Waals surface area contributed by atoms with Crippen LogP contribution in [0.5, 0.6) is 5.75 Å². The highest BCUT2D eigenvalue weighted by Crippen LogP contribution is 2.22. The second kappa shape index (κ2) is 6.58. The molecule has 1 aromatic carbocycles. The molecule has 0 spiro atoms. The molecule has 1 aliphatic heterocycles. The number of carbonyl (C=O) groups is 2. The van der Waals surface area contributed by atoms with E-state index in [0.29, 0.717) is 12.2 Å². The Hall–Kier alpha value is -2.08. The van der Waals surface area contributed by atoms with E-state index in [4.69, 9.17) is 9.84 Å². The molecular formula is C15H19NO5. The van der Waals surface area contributed by atoms with Crippen molar-refractivity contribution < 1.29 is 24.5 Å². The molecule has 1 heterocycles. The highest BCUT2D eigenvalue weighted by atomic mass is 16.5. The predicted molar refractivity (Wildman–Crippen MR) is 75.1 cm³/mol. The van der Waals surface area contributed by atoms with E-state index in [9.17, 15) is 14.7 Å². The number of aliphatic hydroxyl groups is 1. The lowest BCUT2D eigenvalue weighted by molar-refractivity contribution is -0.148. The second-order valence-corrected chi connectivity index (χ2v) is 5.10. The van der Waals surface area contributed by atoms with Crippen LogP contribution in [0.15, 0.2) is 24.3 Å². The van der Waals surface area contributed by atoms with Gasteiger partial charge in [0.05, 0.1) is 13.2 Å².